The van der Waals surface area contributed by atoms with Gasteiger partial charge in [-0.3, -0.25) is 4.79 Å². The minimum absolute atomic E-state index is 0. The number of rotatable bonds is 6. The SMILES string of the molecule is Cc1cccc(OCC(O)CNC(=O)C2CCCCN2)c1.Cl. The summed E-state index contributed by atoms with van der Waals surface area (Å²) in [5.41, 5.74) is 1.11. The van der Waals surface area contributed by atoms with E-state index < -0.39 is 6.10 Å². The number of ether oxygens (including phenoxy) is 1. The summed E-state index contributed by atoms with van der Waals surface area (Å²) in [5.74, 6) is 0.693. The van der Waals surface area contributed by atoms with E-state index in [4.69, 9.17) is 4.74 Å². The number of carbonyl (C=O) groups excluding carboxylic acids is 1. The number of hydrogen-bond acceptors (Lipinski definition) is 4. The van der Waals surface area contributed by atoms with Gasteiger partial charge in [-0.15, -0.1) is 12.4 Å². The van der Waals surface area contributed by atoms with Gasteiger partial charge in [-0.25, -0.2) is 0 Å². The van der Waals surface area contributed by atoms with Gasteiger partial charge in [0, 0.05) is 6.54 Å². The molecule has 0 spiro atoms. The molecule has 124 valence electrons. The summed E-state index contributed by atoms with van der Waals surface area (Å²) >= 11 is 0. The maximum atomic E-state index is 11.9. The van der Waals surface area contributed by atoms with E-state index in [0.717, 1.165) is 37.1 Å². The molecular formula is C16H25ClN2O3. The first-order chi connectivity index (χ1) is 10.1. The monoisotopic (exact) mass is 328 g/mol. The largest absolute Gasteiger partial charge is 0.491 e. The number of aliphatic hydroxyl groups is 1. The van der Waals surface area contributed by atoms with E-state index in [1.54, 1.807) is 0 Å². The Hall–Kier alpha value is -1.30. The van der Waals surface area contributed by atoms with Crippen LogP contribution >= 0.6 is 12.4 Å². The number of benzene rings is 1. The molecule has 2 atom stereocenters. The van der Waals surface area contributed by atoms with Gasteiger partial charge in [-0.2, -0.15) is 0 Å². The lowest BCUT2D eigenvalue weighted by Gasteiger charge is -2.23. The van der Waals surface area contributed by atoms with Crippen molar-refractivity contribution < 1.29 is 14.6 Å². The molecule has 0 radical (unpaired) electrons. The predicted octanol–water partition coefficient (Wildman–Crippen LogP) is 1.41. The average Bonchev–Trinajstić information content (AvgIpc) is 2.51. The lowest BCUT2D eigenvalue weighted by Crippen LogP contribution is -2.48. The molecule has 1 heterocycles. The molecule has 0 bridgehead atoms. The second-order valence-corrected chi connectivity index (χ2v) is 5.53. The molecule has 0 aliphatic carbocycles. The predicted molar refractivity (Wildman–Crippen MR) is 88.6 cm³/mol. The lowest BCUT2D eigenvalue weighted by atomic mass is 10.0. The van der Waals surface area contributed by atoms with Crippen molar-refractivity contribution in [1.29, 1.82) is 0 Å². The molecule has 22 heavy (non-hydrogen) atoms. The second-order valence-electron chi connectivity index (χ2n) is 5.53. The molecule has 2 rings (SSSR count). The van der Waals surface area contributed by atoms with E-state index in [0.29, 0.717) is 0 Å². The van der Waals surface area contributed by atoms with Gasteiger partial charge in [0.25, 0.3) is 0 Å². The molecule has 1 aromatic carbocycles. The summed E-state index contributed by atoms with van der Waals surface area (Å²) in [7, 11) is 0. The molecule has 1 fully saturated rings. The van der Waals surface area contributed by atoms with E-state index in [1.807, 2.05) is 31.2 Å². The van der Waals surface area contributed by atoms with E-state index in [9.17, 15) is 9.90 Å². The number of nitrogens with one attached hydrogen (secondary N) is 2. The third-order valence-electron chi connectivity index (χ3n) is 3.57. The van der Waals surface area contributed by atoms with Crippen molar-refractivity contribution in [2.75, 3.05) is 19.7 Å². The van der Waals surface area contributed by atoms with Crippen LogP contribution in [0, 0.1) is 6.92 Å². The molecule has 0 aromatic heterocycles. The lowest BCUT2D eigenvalue weighted by molar-refractivity contribution is -0.124. The normalized spacial score (nSPS) is 18.9. The molecule has 1 aliphatic rings. The van der Waals surface area contributed by atoms with Crippen LogP contribution < -0.4 is 15.4 Å². The van der Waals surface area contributed by atoms with Crippen molar-refractivity contribution in [2.45, 2.75) is 38.3 Å². The average molecular weight is 329 g/mol. The quantitative estimate of drug-likeness (QED) is 0.738. The van der Waals surface area contributed by atoms with Gasteiger partial charge in [-0.05, 0) is 44.0 Å². The Labute approximate surface area is 137 Å². The van der Waals surface area contributed by atoms with Crippen LogP contribution in [0.25, 0.3) is 0 Å². The van der Waals surface area contributed by atoms with Crippen molar-refractivity contribution in [2.24, 2.45) is 0 Å². The van der Waals surface area contributed by atoms with Crippen LogP contribution in [0.4, 0.5) is 0 Å². The van der Waals surface area contributed by atoms with Crippen LogP contribution in [0.15, 0.2) is 24.3 Å². The van der Waals surface area contributed by atoms with Crippen molar-refractivity contribution >= 4 is 18.3 Å². The van der Waals surface area contributed by atoms with Crippen molar-refractivity contribution in [1.82, 2.24) is 10.6 Å². The fourth-order valence-electron chi connectivity index (χ4n) is 2.37. The van der Waals surface area contributed by atoms with E-state index in [2.05, 4.69) is 10.6 Å². The number of halogens is 1. The number of carbonyl (C=O) groups is 1. The third kappa shape index (κ3) is 6.22. The first kappa shape index (κ1) is 18.7. The van der Waals surface area contributed by atoms with Gasteiger partial charge in [-0.1, -0.05) is 18.6 Å². The fourth-order valence-corrected chi connectivity index (χ4v) is 2.37. The summed E-state index contributed by atoms with van der Waals surface area (Å²) in [6, 6.07) is 7.54. The van der Waals surface area contributed by atoms with Gasteiger partial charge in [0.2, 0.25) is 5.91 Å². The maximum absolute atomic E-state index is 11.9. The number of piperidine rings is 1. The molecule has 2 unspecified atom stereocenters. The van der Waals surface area contributed by atoms with Crippen LogP contribution in [-0.2, 0) is 4.79 Å². The van der Waals surface area contributed by atoms with Gasteiger partial charge >= 0.3 is 0 Å². The first-order valence-corrected chi connectivity index (χ1v) is 7.54. The molecular weight excluding hydrogens is 304 g/mol. The fraction of sp³-hybridized carbons (Fsp3) is 0.562. The summed E-state index contributed by atoms with van der Waals surface area (Å²) in [4.78, 5) is 11.9. The second kappa shape index (κ2) is 9.66. The number of aliphatic hydroxyl groups excluding tert-OH is 1. The third-order valence-corrected chi connectivity index (χ3v) is 3.57. The number of aryl methyl sites for hydroxylation is 1. The summed E-state index contributed by atoms with van der Waals surface area (Å²) in [6.45, 7) is 3.25. The number of amides is 1. The van der Waals surface area contributed by atoms with Crippen molar-refractivity contribution in [3.8, 4) is 5.75 Å². The minimum atomic E-state index is -0.710. The van der Waals surface area contributed by atoms with Crippen LogP contribution in [0.5, 0.6) is 5.75 Å². The van der Waals surface area contributed by atoms with Crippen LogP contribution in [0.2, 0.25) is 0 Å². The highest BCUT2D eigenvalue weighted by atomic mass is 35.5. The van der Waals surface area contributed by atoms with Crippen molar-refractivity contribution in [3.63, 3.8) is 0 Å². The van der Waals surface area contributed by atoms with Gasteiger partial charge < -0.3 is 20.5 Å². The molecule has 1 aromatic rings. The highest BCUT2D eigenvalue weighted by Gasteiger charge is 2.20. The van der Waals surface area contributed by atoms with Crippen molar-refractivity contribution in [3.05, 3.63) is 29.8 Å². The number of hydrogen-bond donors (Lipinski definition) is 3. The minimum Gasteiger partial charge on any atom is -0.491 e. The Morgan fingerprint density at radius 2 is 2.32 bits per heavy atom. The Bertz CT molecular complexity index is 464. The molecule has 3 N–H and O–H groups in total. The Kier molecular flexibility index (Phi) is 8.24. The maximum Gasteiger partial charge on any atom is 0.237 e. The molecule has 6 heteroatoms. The standard InChI is InChI=1S/C16H24N2O3.ClH/c1-12-5-4-6-14(9-12)21-11-13(19)10-18-16(20)15-7-2-3-8-17-15;/h4-6,9,13,15,17,19H,2-3,7-8,10-11H2,1H3,(H,18,20);1H. The summed E-state index contributed by atoms with van der Waals surface area (Å²) < 4.78 is 5.51. The molecule has 1 saturated heterocycles. The zero-order chi connectivity index (χ0) is 15.1. The summed E-state index contributed by atoms with van der Waals surface area (Å²) in [5, 5.41) is 15.8. The van der Waals surface area contributed by atoms with Gasteiger partial charge in [0.15, 0.2) is 0 Å². The van der Waals surface area contributed by atoms with E-state index in [-0.39, 0.29) is 37.5 Å². The highest BCUT2D eigenvalue weighted by Crippen LogP contribution is 2.12. The summed E-state index contributed by atoms with van der Waals surface area (Å²) in [6.07, 6.45) is 2.35. The van der Waals surface area contributed by atoms with E-state index in [1.165, 1.54) is 0 Å². The van der Waals surface area contributed by atoms with Crippen LogP contribution in [-0.4, -0.2) is 42.9 Å². The smallest absolute Gasteiger partial charge is 0.237 e. The Morgan fingerprint density at radius 3 is 3.00 bits per heavy atom. The molecule has 5 nitrogen and oxygen atoms in total. The Balaban J connectivity index is 0.00000242. The molecule has 1 amide bonds. The van der Waals surface area contributed by atoms with Gasteiger partial charge in [0.1, 0.15) is 18.5 Å². The zero-order valence-corrected chi connectivity index (χ0v) is 13.7. The highest BCUT2D eigenvalue weighted by molar-refractivity contribution is 5.85. The molecule has 0 saturated carbocycles. The van der Waals surface area contributed by atoms with Gasteiger partial charge in [0.05, 0.1) is 6.04 Å². The topological polar surface area (TPSA) is 70.6 Å². The Morgan fingerprint density at radius 1 is 1.50 bits per heavy atom. The van der Waals surface area contributed by atoms with E-state index >= 15 is 0 Å². The zero-order valence-electron chi connectivity index (χ0n) is 12.9. The van der Waals surface area contributed by atoms with Crippen LogP contribution in [0.3, 0.4) is 0 Å². The first-order valence-electron chi connectivity index (χ1n) is 7.54. The van der Waals surface area contributed by atoms with Crippen LogP contribution in [0.1, 0.15) is 24.8 Å². The molecule has 1 aliphatic heterocycles.